The van der Waals surface area contributed by atoms with E-state index in [0.29, 0.717) is 49.9 Å². The van der Waals surface area contributed by atoms with Gasteiger partial charge in [0.05, 0.1) is 32.6 Å². The standard InChI is InChI=1S/C19H27N3O5/c1-19(6-3-9-27-19)18(24)20-14-4-5-15(16(12-14)25-2)21-17(23)13-22-7-10-26-11-8-22/h4-5,12H,3,6-11,13H2,1-2H3,(H,20,24)(H,21,23)/t19-/m0/s1. The molecule has 2 amide bonds. The molecule has 2 aliphatic heterocycles. The first kappa shape index (κ1) is 19.6. The summed E-state index contributed by atoms with van der Waals surface area (Å²) < 4.78 is 16.2. The molecule has 0 radical (unpaired) electrons. The number of hydrogen-bond donors (Lipinski definition) is 2. The summed E-state index contributed by atoms with van der Waals surface area (Å²) in [4.78, 5) is 26.8. The highest BCUT2D eigenvalue weighted by molar-refractivity contribution is 5.98. The monoisotopic (exact) mass is 377 g/mol. The van der Waals surface area contributed by atoms with E-state index in [1.54, 1.807) is 25.1 Å². The number of nitrogens with one attached hydrogen (secondary N) is 2. The first-order chi connectivity index (χ1) is 13.0. The maximum Gasteiger partial charge on any atom is 0.256 e. The largest absolute Gasteiger partial charge is 0.494 e. The molecule has 1 aromatic rings. The van der Waals surface area contributed by atoms with Crippen LogP contribution in [0.4, 0.5) is 11.4 Å². The van der Waals surface area contributed by atoms with Crippen molar-refractivity contribution in [3.63, 3.8) is 0 Å². The molecule has 0 spiro atoms. The summed E-state index contributed by atoms with van der Waals surface area (Å²) in [6.45, 7) is 5.49. The number of ether oxygens (including phenoxy) is 3. The quantitative estimate of drug-likeness (QED) is 0.781. The van der Waals surface area contributed by atoms with Crippen molar-refractivity contribution < 1.29 is 23.8 Å². The molecule has 1 atom stereocenters. The number of nitrogens with zero attached hydrogens (tertiary/aromatic N) is 1. The summed E-state index contributed by atoms with van der Waals surface area (Å²) >= 11 is 0. The van der Waals surface area contributed by atoms with Crippen molar-refractivity contribution in [2.75, 3.05) is 57.2 Å². The summed E-state index contributed by atoms with van der Waals surface area (Å²) in [7, 11) is 1.53. The second-order valence-electron chi connectivity index (χ2n) is 6.99. The minimum Gasteiger partial charge on any atom is -0.494 e. The maximum atomic E-state index is 12.5. The molecule has 0 unspecified atom stereocenters. The predicted octanol–water partition coefficient (Wildman–Crippen LogP) is 1.47. The van der Waals surface area contributed by atoms with Gasteiger partial charge in [0, 0.05) is 31.5 Å². The molecule has 0 aliphatic carbocycles. The Hall–Kier alpha value is -2.16. The second kappa shape index (κ2) is 8.69. The Morgan fingerprint density at radius 1 is 1.22 bits per heavy atom. The number of carbonyl (C=O) groups excluding carboxylic acids is 2. The van der Waals surface area contributed by atoms with E-state index in [1.165, 1.54) is 7.11 Å². The molecular formula is C19H27N3O5. The molecule has 8 nitrogen and oxygen atoms in total. The molecule has 1 aromatic carbocycles. The Balaban J connectivity index is 1.61. The van der Waals surface area contributed by atoms with Crippen LogP contribution in [0.1, 0.15) is 19.8 Å². The van der Waals surface area contributed by atoms with Gasteiger partial charge in [-0.15, -0.1) is 0 Å². The van der Waals surface area contributed by atoms with E-state index < -0.39 is 5.60 Å². The van der Waals surface area contributed by atoms with Crippen LogP contribution in [0.5, 0.6) is 5.75 Å². The number of hydrogen-bond acceptors (Lipinski definition) is 6. The smallest absolute Gasteiger partial charge is 0.256 e. The molecule has 0 aromatic heterocycles. The van der Waals surface area contributed by atoms with Gasteiger partial charge >= 0.3 is 0 Å². The summed E-state index contributed by atoms with van der Waals surface area (Å²) in [6, 6.07) is 5.16. The molecule has 2 heterocycles. The van der Waals surface area contributed by atoms with Crippen LogP contribution in [0.15, 0.2) is 18.2 Å². The minimum absolute atomic E-state index is 0.112. The maximum absolute atomic E-state index is 12.5. The zero-order valence-corrected chi connectivity index (χ0v) is 15.9. The predicted molar refractivity (Wildman–Crippen MR) is 101 cm³/mol. The molecule has 3 rings (SSSR count). The Labute approximate surface area is 159 Å². The Kier molecular flexibility index (Phi) is 6.30. The van der Waals surface area contributed by atoms with E-state index in [4.69, 9.17) is 14.2 Å². The average molecular weight is 377 g/mol. The SMILES string of the molecule is COc1cc(NC(=O)[C@]2(C)CCCO2)ccc1NC(=O)CN1CCOCC1. The summed E-state index contributed by atoms with van der Waals surface area (Å²) in [5.74, 6) is 0.200. The van der Waals surface area contributed by atoms with Crippen LogP contribution in [0.3, 0.4) is 0 Å². The molecule has 0 saturated carbocycles. The van der Waals surface area contributed by atoms with Gasteiger partial charge in [-0.25, -0.2) is 0 Å². The lowest BCUT2D eigenvalue weighted by Gasteiger charge is -2.26. The number of anilines is 2. The molecule has 148 valence electrons. The van der Waals surface area contributed by atoms with Crippen LogP contribution in [0.2, 0.25) is 0 Å². The van der Waals surface area contributed by atoms with Crippen LogP contribution in [-0.2, 0) is 19.1 Å². The van der Waals surface area contributed by atoms with Gasteiger partial charge in [-0.3, -0.25) is 14.5 Å². The van der Waals surface area contributed by atoms with Crippen LogP contribution < -0.4 is 15.4 Å². The molecule has 2 N–H and O–H groups in total. The second-order valence-corrected chi connectivity index (χ2v) is 6.99. The third-order valence-corrected chi connectivity index (χ3v) is 4.90. The number of amides is 2. The van der Waals surface area contributed by atoms with Crippen LogP contribution in [0, 0.1) is 0 Å². The highest BCUT2D eigenvalue weighted by Crippen LogP contribution is 2.30. The molecule has 2 aliphatic rings. The normalized spacial score (nSPS) is 23.0. The molecule has 8 heteroatoms. The Bertz CT molecular complexity index is 682. The van der Waals surface area contributed by atoms with Crippen molar-refractivity contribution in [2.45, 2.75) is 25.4 Å². The highest BCUT2D eigenvalue weighted by Gasteiger charge is 2.37. The fourth-order valence-corrected chi connectivity index (χ4v) is 3.25. The number of rotatable bonds is 6. The third-order valence-electron chi connectivity index (χ3n) is 4.90. The molecule has 2 saturated heterocycles. The molecular weight excluding hydrogens is 350 g/mol. The first-order valence-electron chi connectivity index (χ1n) is 9.23. The lowest BCUT2D eigenvalue weighted by atomic mass is 10.0. The van der Waals surface area contributed by atoms with Crippen molar-refractivity contribution in [3.8, 4) is 5.75 Å². The van der Waals surface area contributed by atoms with E-state index >= 15 is 0 Å². The van der Waals surface area contributed by atoms with Crippen LogP contribution in [0.25, 0.3) is 0 Å². The van der Waals surface area contributed by atoms with Gasteiger partial charge in [0.15, 0.2) is 0 Å². The van der Waals surface area contributed by atoms with Crippen molar-refractivity contribution in [3.05, 3.63) is 18.2 Å². The van der Waals surface area contributed by atoms with Gasteiger partial charge in [-0.1, -0.05) is 0 Å². The van der Waals surface area contributed by atoms with E-state index in [-0.39, 0.29) is 11.8 Å². The van der Waals surface area contributed by atoms with Gasteiger partial charge in [-0.2, -0.15) is 0 Å². The first-order valence-corrected chi connectivity index (χ1v) is 9.23. The van der Waals surface area contributed by atoms with Gasteiger partial charge in [-0.05, 0) is 31.9 Å². The molecule has 27 heavy (non-hydrogen) atoms. The zero-order valence-electron chi connectivity index (χ0n) is 15.9. The molecule has 2 fully saturated rings. The lowest BCUT2D eigenvalue weighted by molar-refractivity contribution is -0.133. The minimum atomic E-state index is -0.793. The lowest BCUT2D eigenvalue weighted by Crippen LogP contribution is -2.41. The van der Waals surface area contributed by atoms with E-state index in [9.17, 15) is 9.59 Å². The van der Waals surface area contributed by atoms with Gasteiger partial charge in [0.2, 0.25) is 5.91 Å². The number of carbonyl (C=O) groups is 2. The Morgan fingerprint density at radius 2 is 2.00 bits per heavy atom. The molecule has 0 bridgehead atoms. The third kappa shape index (κ3) is 4.97. The average Bonchev–Trinajstić information content (AvgIpc) is 3.11. The fourth-order valence-electron chi connectivity index (χ4n) is 3.25. The van der Waals surface area contributed by atoms with Gasteiger partial charge in [0.1, 0.15) is 11.4 Å². The summed E-state index contributed by atoms with van der Waals surface area (Å²) in [6.07, 6.45) is 1.58. The van der Waals surface area contributed by atoms with Crippen LogP contribution in [-0.4, -0.2) is 68.9 Å². The zero-order chi connectivity index (χ0) is 19.3. The van der Waals surface area contributed by atoms with Crippen molar-refractivity contribution in [1.29, 1.82) is 0 Å². The highest BCUT2D eigenvalue weighted by atomic mass is 16.5. The van der Waals surface area contributed by atoms with Crippen LogP contribution >= 0.6 is 0 Å². The van der Waals surface area contributed by atoms with Crippen molar-refractivity contribution in [1.82, 2.24) is 4.90 Å². The van der Waals surface area contributed by atoms with Gasteiger partial charge in [0.25, 0.3) is 5.91 Å². The van der Waals surface area contributed by atoms with Crippen molar-refractivity contribution in [2.24, 2.45) is 0 Å². The van der Waals surface area contributed by atoms with E-state index in [0.717, 1.165) is 19.5 Å². The van der Waals surface area contributed by atoms with E-state index in [2.05, 4.69) is 10.6 Å². The Morgan fingerprint density at radius 3 is 2.67 bits per heavy atom. The number of morpholine rings is 1. The summed E-state index contributed by atoms with van der Waals surface area (Å²) in [5.41, 5.74) is 0.370. The van der Waals surface area contributed by atoms with Gasteiger partial charge < -0.3 is 24.8 Å². The fraction of sp³-hybridized carbons (Fsp3) is 0.579. The van der Waals surface area contributed by atoms with Crippen molar-refractivity contribution >= 4 is 23.2 Å². The van der Waals surface area contributed by atoms with E-state index in [1.807, 2.05) is 4.90 Å². The number of methoxy groups -OCH3 is 1. The topological polar surface area (TPSA) is 89.1 Å². The number of benzene rings is 1. The summed E-state index contributed by atoms with van der Waals surface area (Å²) in [5, 5.41) is 5.73.